The zero-order chi connectivity index (χ0) is 65.4. The van der Waals surface area contributed by atoms with Gasteiger partial charge in [-0.2, -0.15) is 0 Å². The molecule has 20 rings (SSSR count). The van der Waals surface area contributed by atoms with Gasteiger partial charge in [-0.1, -0.05) is 61.1 Å². The quantitative estimate of drug-likeness (QED) is 0.0922. The third-order valence-corrected chi connectivity index (χ3v) is 28.1. The summed E-state index contributed by atoms with van der Waals surface area (Å²) in [4.78, 5) is 70.8. The first kappa shape index (κ1) is 70.3. The van der Waals surface area contributed by atoms with Gasteiger partial charge in [-0.25, -0.2) is 28.8 Å². The summed E-state index contributed by atoms with van der Waals surface area (Å²) in [5, 5.41) is 0. The predicted octanol–water partition coefficient (Wildman–Crippen LogP) is 17.4. The fraction of sp³-hybridized carbons (Fsp3) is 0.800. The highest BCUT2D eigenvalue weighted by atomic mass is 16.6. The lowest BCUT2D eigenvalue weighted by atomic mass is 9.47. The van der Waals surface area contributed by atoms with Gasteiger partial charge in [0.2, 0.25) is 0 Å². The van der Waals surface area contributed by atoms with E-state index in [0.29, 0.717) is 87.4 Å². The molecule has 0 atom stereocenters. The van der Waals surface area contributed by atoms with Crippen molar-refractivity contribution in [2.75, 3.05) is 6.61 Å². The van der Waals surface area contributed by atoms with Gasteiger partial charge in [0.25, 0.3) is 0 Å². The molecule has 0 N–H and O–H groups in total. The van der Waals surface area contributed by atoms with Crippen LogP contribution in [0.3, 0.4) is 0 Å². The standard InChI is InChI=1S/C17H24O4.C17H26O2.C16H24O2.C15H22O2.C14H20O2.CH4/c1-10(2)16(19)20-9-15(18)21-17(3)13-5-11-4-12(7-13)8-14(17)6-11;1-10(2)16(18)19-17(11(3)4)14-6-12-5-13(8-14)9-15(17)7-12;1-4-16(18-15(17)10(2)3)13-6-11-5-12(8-13)9-14(16)7-11;1-9(2)14(16)17-15(3)12-5-10-4-11(7-12)8-13(15)6-10;1-3-13(15)16-14(2)11-5-9-4-10(7-11)8-12(14)6-9;/h11-14H,1,4-9H2,2-3H3;11-15H,1,5-9H2,2-4H3;11-14H,2,4-9H2,1,3H3;10-13H,1,4-8H2,2-3H3;3,9-12H,1,4-8H2,2H3;1H4. The molecule has 512 valence electrons. The molecular formula is C80H120O12. The van der Waals surface area contributed by atoms with Gasteiger partial charge in [-0.3, -0.25) is 0 Å². The summed E-state index contributed by atoms with van der Waals surface area (Å²) in [5.41, 5.74) is 0.768. The van der Waals surface area contributed by atoms with Gasteiger partial charge in [0.15, 0.2) is 6.61 Å². The van der Waals surface area contributed by atoms with Crippen LogP contribution >= 0.6 is 0 Å². The van der Waals surface area contributed by atoms with Crippen molar-refractivity contribution in [2.45, 2.75) is 272 Å². The molecule has 0 heterocycles. The van der Waals surface area contributed by atoms with E-state index in [9.17, 15) is 28.8 Å². The smallest absolute Gasteiger partial charge is 0.344 e. The van der Waals surface area contributed by atoms with Crippen molar-refractivity contribution in [3.05, 3.63) is 61.3 Å². The number of ether oxygens (including phenoxy) is 6. The maximum atomic E-state index is 12.1. The fourth-order valence-electron chi connectivity index (χ4n) is 24.4. The topological polar surface area (TPSA) is 158 Å². The maximum Gasteiger partial charge on any atom is 0.344 e. The van der Waals surface area contributed by atoms with Gasteiger partial charge in [-0.15, -0.1) is 0 Å². The minimum Gasteiger partial charge on any atom is -0.456 e. The third kappa shape index (κ3) is 13.5. The minimum absolute atomic E-state index is 0. The highest BCUT2D eigenvalue weighted by Crippen LogP contribution is 2.65. The van der Waals surface area contributed by atoms with Crippen LogP contribution in [0.5, 0.6) is 0 Å². The van der Waals surface area contributed by atoms with Crippen LogP contribution in [0.1, 0.15) is 244 Å². The van der Waals surface area contributed by atoms with E-state index in [1.54, 1.807) is 27.7 Å². The van der Waals surface area contributed by atoms with Gasteiger partial charge in [0.1, 0.15) is 28.0 Å². The summed E-state index contributed by atoms with van der Waals surface area (Å²) in [6.07, 6.45) is 34.5. The fourth-order valence-corrected chi connectivity index (χ4v) is 24.4. The molecule has 20 saturated carbocycles. The molecule has 20 fully saturated rings. The Morgan fingerprint density at radius 3 is 0.924 bits per heavy atom. The summed E-state index contributed by atoms with van der Waals surface area (Å²) in [6.45, 7) is 37.7. The molecule has 0 aromatic carbocycles. The van der Waals surface area contributed by atoms with Gasteiger partial charge in [-0.05, 0) is 340 Å². The molecule has 0 aromatic heterocycles. The normalized spacial score (nSPS) is 44.1. The number of carbonyl (C=O) groups is 6. The molecule has 0 radical (unpaired) electrons. The zero-order valence-electron chi connectivity index (χ0n) is 57.7. The molecule has 92 heavy (non-hydrogen) atoms. The highest BCUT2D eigenvalue weighted by Gasteiger charge is 2.63. The second-order valence-electron chi connectivity index (χ2n) is 34.4. The number of esters is 6. The molecule has 12 heteroatoms. The molecule has 20 bridgehead atoms. The first-order chi connectivity index (χ1) is 43.0. The molecule has 0 aromatic rings. The van der Waals surface area contributed by atoms with Crippen molar-refractivity contribution in [1.82, 2.24) is 0 Å². The summed E-state index contributed by atoms with van der Waals surface area (Å²) in [7, 11) is 0. The molecule has 0 saturated heterocycles. The Morgan fingerprint density at radius 2 is 0.641 bits per heavy atom. The van der Waals surface area contributed by atoms with Crippen LogP contribution < -0.4 is 0 Å². The molecule has 0 unspecified atom stereocenters. The number of carbonyl (C=O) groups excluding carboxylic acids is 6. The predicted molar refractivity (Wildman–Crippen MR) is 359 cm³/mol. The molecule has 12 nitrogen and oxygen atoms in total. The second-order valence-corrected chi connectivity index (χ2v) is 34.4. The molecule has 0 spiro atoms. The van der Waals surface area contributed by atoms with Crippen LogP contribution in [-0.2, 0) is 57.2 Å². The van der Waals surface area contributed by atoms with E-state index in [4.69, 9.17) is 28.4 Å². The van der Waals surface area contributed by atoms with Gasteiger partial charge >= 0.3 is 35.8 Å². The van der Waals surface area contributed by atoms with Crippen LogP contribution in [0.2, 0.25) is 0 Å². The lowest BCUT2D eigenvalue weighted by Crippen LogP contribution is -2.62. The Bertz CT molecular complexity index is 2710. The Kier molecular flexibility index (Phi) is 20.8. The van der Waals surface area contributed by atoms with Crippen molar-refractivity contribution in [3.63, 3.8) is 0 Å². The third-order valence-electron chi connectivity index (χ3n) is 28.1. The van der Waals surface area contributed by atoms with Crippen LogP contribution in [0.15, 0.2) is 61.3 Å². The summed E-state index contributed by atoms with van der Waals surface area (Å²) < 4.78 is 34.3. The SMILES string of the molecule is C.C=C(C)C(=O)OC1(C(C)C)C2CC3CC(C2)CC1C3.C=C(C)C(=O)OC1(C)C2CC3CC(C2)CC1C3.C=C(C)C(=O)OC1(CC)C2CC3CC(C2)CC1C3.C=C(C)C(=O)OCC(=O)OC1(C)C2CC3CC(C2)CC1C3.C=CC(=O)OC1(C)C2CC3CC(C2)CC1C3. The number of rotatable bonds is 14. The lowest BCUT2D eigenvalue weighted by molar-refractivity contribution is -0.221. The highest BCUT2D eigenvalue weighted by molar-refractivity contribution is 5.89. The van der Waals surface area contributed by atoms with Crippen molar-refractivity contribution >= 4 is 35.8 Å². The average molecular weight is 1270 g/mol. The monoisotopic (exact) mass is 1270 g/mol. The van der Waals surface area contributed by atoms with Gasteiger partial charge < -0.3 is 28.4 Å². The molecule has 20 aliphatic carbocycles. The Balaban J connectivity index is 0.000000126. The van der Waals surface area contributed by atoms with E-state index in [0.717, 1.165) is 65.6 Å². The van der Waals surface area contributed by atoms with Crippen LogP contribution in [0, 0.1) is 124 Å². The Morgan fingerprint density at radius 1 is 0.380 bits per heavy atom. The van der Waals surface area contributed by atoms with E-state index in [-0.39, 0.29) is 65.9 Å². The first-order valence-electron chi connectivity index (χ1n) is 36.5. The number of hydrogen-bond donors (Lipinski definition) is 0. The van der Waals surface area contributed by atoms with Crippen LogP contribution in [-0.4, -0.2) is 70.4 Å². The minimum atomic E-state index is -0.540. The Hall–Kier alpha value is -4.48. The molecule has 0 amide bonds. The van der Waals surface area contributed by atoms with Crippen molar-refractivity contribution in [2.24, 2.45) is 124 Å². The van der Waals surface area contributed by atoms with Crippen LogP contribution in [0.25, 0.3) is 0 Å². The second kappa shape index (κ2) is 27.2. The zero-order valence-corrected chi connectivity index (χ0v) is 57.7. The van der Waals surface area contributed by atoms with Crippen molar-refractivity contribution < 1.29 is 57.2 Å². The molecular weight excluding hydrogens is 1150 g/mol. The van der Waals surface area contributed by atoms with E-state index >= 15 is 0 Å². The Labute approximate surface area is 554 Å². The van der Waals surface area contributed by atoms with Crippen molar-refractivity contribution in [3.8, 4) is 0 Å². The lowest BCUT2D eigenvalue weighted by Gasteiger charge is -2.61. The van der Waals surface area contributed by atoms with Crippen molar-refractivity contribution in [1.29, 1.82) is 0 Å². The largest absolute Gasteiger partial charge is 0.456 e. The number of hydrogen-bond acceptors (Lipinski definition) is 12. The van der Waals surface area contributed by atoms with E-state index in [1.165, 1.54) is 167 Å². The van der Waals surface area contributed by atoms with E-state index < -0.39 is 11.9 Å². The van der Waals surface area contributed by atoms with E-state index in [2.05, 4.69) is 74.4 Å². The van der Waals surface area contributed by atoms with Gasteiger partial charge in [0, 0.05) is 28.4 Å². The van der Waals surface area contributed by atoms with Gasteiger partial charge in [0.05, 0.1) is 0 Å². The summed E-state index contributed by atoms with van der Waals surface area (Å²) in [5.74, 6) is 13.4. The van der Waals surface area contributed by atoms with Crippen LogP contribution in [0.4, 0.5) is 0 Å². The average Bonchev–Trinajstić information content (AvgIpc) is 0.759. The first-order valence-corrected chi connectivity index (χ1v) is 36.5. The summed E-state index contributed by atoms with van der Waals surface area (Å²) in [6, 6.07) is 0. The summed E-state index contributed by atoms with van der Waals surface area (Å²) >= 11 is 0. The molecule has 20 aliphatic rings. The van der Waals surface area contributed by atoms with E-state index in [1.807, 2.05) is 0 Å². The molecule has 0 aliphatic heterocycles. The maximum absolute atomic E-state index is 12.1.